The molecule has 0 saturated heterocycles. The van der Waals surface area contributed by atoms with Crippen molar-refractivity contribution in [2.75, 3.05) is 0 Å². The fraction of sp³-hybridized carbons (Fsp3) is 0.167. The second-order valence-electron chi connectivity index (χ2n) is 5.60. The number of nitrogens with zero attached hydrogens (tertiary/aromatic N) is 2. The maximum absolute atomic E-state index is 11.5. The minimum absolute atomic E-state index is 0.0340. The van der Waals surface area contributed by atoms with Crippen LogP contribution in [-0.2, 0) is 0 Å². The average Bonchev–Trinajstić information content (AvgIpc) is 2.52. The number of hydrogen-bond donors (Lipinski definition) is 0. The highest BCUT2D eigenvalue weighted by Crippen LogP contribution is 2.40. The summed E-state index contributed by atoms with van der Waals surface area (Å²) in [6, 6.07) is 9.12. The van der Waals surface area contributed by atoms with Crippen LogP contribution in [0.25, 0.3) is 22.0 Å². The van der Waals surface area contributed by atoms with E-state index in [-0.39, 0.29) is 5.69 Å². The summed E-state index contributed by atoms with van der Waals surface area (Å²) in [5.74, 6) is 0. The minimum Gasteiger partial charge on any atom is -0.258 e. The van der Waals surface area contributed by atoms with Crippen LogP contribution < -0.4 is 0 Å². The quantitative estimate of drug-likeness (QED) is 0.468. The molecule has 4 nitrogen and oxygen atoms in total. The van der Waals surface area contributed by atoms with Crippen molar-refractivity contribution < 1.29 is 4.92 Å². The second-order valence-corrected chi connectivity index (χ2v) is 6.00. The molecule has 23 heavy (non-hydrogen) atoms. The Morgan fingerprint density at radius 3 is 2.48 bits per heavy atom. The van der Waals surface area contributed by atoms with Crippen molar-refractivity contribution in [1.29, 1.82) is 0 Å². The summed E-state index contributed by atoms with van der Waals surface area (Å²) in [5, 5.41) is 12.8. The maximum Gasteiger partial charge on any atom is 0.296 e. The van der Waals surface area contributed by atoms with Crippen molar-refractivity contribution in [3.05, 3.63) is 68.4 Å². The molecule has 1 heterocycles. The Labute approximate surface area is 138 Å². The lowest BCUT2D eigenvalue weighted by atomic mass is 9.93. The van der Waals surface area contributed by atoms with Crippen molar-refractivity contribution in [3.63, 3.8) is 0 Å². The molecular formula is C18H15ClN2O2. The van der Waals surface area contributed by atoms with Gasteiger partial charge in [-0.1, -0.05) is 29.8 Å². The summed E-state index contributed by atoms with van der Waals surface area (Å²) in [4.78, 5) is 15.4. The first-order valence-corrected chi connectivity index (χ1v) is 7.58. The summed E-state index contributed by atoms with van der Waals surface area (Å²) >= 11 is 6.30. The third-order valence-corrected chi connectivity index (χ3v) is 4.64. The van der Waals surface area contributed by atoms with Gasteiger partial charge in [-0.15, -0.1) is 0 Å². The molecule has 0 aliphatic carbocycles. The van der Waals surface area contributed by atoms with Crippen LogP contribution in [0.15, 0.2) is 36.5 Å². The van der Waals surface area contributed by atoms with Crippen molar-refractivity contribution in [3.8, 4) is 11.1 Å². The standard InChI is InChI=1S/C18H15ClN2O2/c1-10-8-14-17(13-6-4-5-7-15(13)19)16(21(22)23)9-20-18(14)12(3)11(10)2/h4-9H,1-3H3. The Balaban J connectivity index is 2.53. The van der Waals surface area contributed by atoms with Crippen molar-refractivity contribution >= 4 is 28.2 Å². The van der Waals surface area contributed by atoms with Gasteiger partial charge in [-0.3, -0.25) is 10.1 Å². The minimum atomic E-state index is -0.407. The van der Waals surface area contributed by atoms with Crippen molar-refractivity contribution in [2.45, 2.75) is 20.8 Å². The molecule has 0 bridgehead atoms. The van der Waals surface area contributed by atoms with Gasteiger partial charge >= 0.3 is 0 Å². The highest BCUT2D eigenvalue weighted by atomic mass is 35.5. The molecule has 3 aromatic rings. The molecule has 5 heteroatoms. The molecule has 0 saturated carbocycles. The predicted octanol–water partition coefficient (Wildman–Crippen LogP) is 5.39. The maximum atomic E-state index is 11.5. The van der Waals surface area contributed by atoms with Crippen LogP contribution >= 0.6 is 11.6 Å². The molecule has 0 amide bonds. The van der Waals surface area contributed by atoms with Crippen molar-refractivity contribution in [1.82, 2.24) is 4.98 Å². The molecule has 0 aliphatic rings. The summed E-state index contributed by atoms with van der Waals surface area (Å²) < 4.78 is 0. The Morgan fingerprint density at radius 1 is 1.13 bits per heavy atom. The van der Waals surface area contributed by atoms with Gasteiger partial charge in [-0.2, -0.15) is 0 Å². The van der Waals surface area contributed by atoms with Crippen LogP contribution in [0.2, 0.25) is 5.02 Å². The predicted molar refractivity (Wildman–Crippen MR) is 93.1 cm³/mol. The molecule has 3 rings (SSSR count). The van der Waals surface area contributed by atoms with Crippen LogP contribution in [0, 0.1) is 30.9 Å². The largest absolute Gasteiger partial charge is 0.296 e. The Bertz CT molecular complexity index is 951. The van der Waals surface area contributed by atoms with Gasteiger partial charge in [-0.25, -0.2) is 4.98 Å². The third kappa shape index (κ3) is 2.45. The molecule has 2 aromatic carbocycles. The number of benzene rings is 2. The van der Waals surface area contributed by atoms with Crippen LogP contribution in [-0.4, -0.2) is 9.91 Å². The first-order valence-electron chi connectivity index (χ1n) is 7.20. The Morgan fingerprint density at radius 2 is 1.83 bits per heavy atom. The number of aromatic nitrogens is 1. The number of rotatable bonds is 2. The Hall–Kier alpha value is -2.46. The fourth-order valence-corrected chi connectivity index (χ4v) is 3.07. The topological polar surface area (TPSA) is 56.0 Å². The van der Waals surface area contributed by atoms with Crippen LogP contribution in [0.1, 0.15) is 16.7 Å². The summed E-state index contributed by atoms with van der Waals surface area (Å²) in [5.41, 5.74) is 5.16. The summed E-state index contributed by atoms with van der Waals surface area (Å²) in [6.07, 6.45) is 1.32. The zero-order chi connectivity index (χ0) is 16.7. The molecule has 116 valence electrons. The molecular weight excluding hydrogens is 312 g/mol. The van der Waals surface area contributed by atoms with E-state index in [1.165, 1.54) is 6.20 Å². The lowest BCUT2D eigenvalue weighted by Gasteiger charge is -2.13. The van der Waals surface area contributed by atoms with E-state index in [0.717, 1.165) is 27.6 Å². The molecule has 0 radical (unpaired) electrons. The highest BCUT2D eigenvalue weighted by molar-refractivity contribution is 6.34. The van der Waals surface area contributed by atoms with Gasteiger partial charge in [0, 0.05) is 16.0 Å². The molecule has 1 aromatic heterocycles. The number of halogens is 1. The molecule has 0 aliphatic heterocycles. The Kier molecular flexibility index (Phi) is 3.78. The van der Waals surface area contributed by atoms with E-state index in [9.17, 15) is 10.1 Å². The van der Waals surface area contributed by atoms with Gasteiger partial charge in [0.2, 0.25) is 0 Å². The van der Waals surface area contributed by atoms with Crippen LogP contribution in [0.4, 0.5) is 5.69 Å². The highest BCUT2D eigenvalue weighted by Gasteiger charge is 2.22. The van der Waals surface area contributed by atoms with E-state index >= 15 is 0 Å². The van der Waals surface area contributed by atoms with Gasteiger partial charge in [0.05, 0.1) is 16.0 Å². The smallest absolute Gasteiger partial charge is 0.258 e. The lowest BCUT2D eigenvalue weighted by Crippen LogP contribution is -1.99. The molecule has 0 N–H and O–H groups in total. The number of aryl methyl sites for hydroxylation is 2. The number of pyridine rings is 1. The summed E-state index contributed by atoms with van der Waals surface area (Å²) in [6.45, 7) is 6.01. The van der Waals surface area contributed by atoms with E-state index in [2.05, 4.69) is 4.98 Å². The van der Waals surface area contributed by atoms with Gasteiger partial charge in [0.15, 0.2) is 0 Å². The zero-order valence-electron chi connectivity index (χ0n) is 13.1. The molecule has 0 spiro atoms. The molecule has 0 fully saturated rings. The van der Waals surface area contributed by atoms with Crippen molar-refractivity contribution in [2.24, 2.45) is 0 Å². The number of nitro groups is 1. The fourth-order valence-electron chi connectivity index (χ4n) is 2.84. The SMILES string of the molecule is Cc1cc2c(-c3ccccc3Cl)c([N+](=O)[O-])cnc2c(C)c1C. The first-order chi connectivity index (χ1) is 10.9. The van der Waals surface area contributed by atoms with E-state index in [1.54, 1.807) is 12.1 Å². The van der Waals surface area contributed by atoms with Gasteiger partial charge < -0.3 is 0 Å². The van der Waals surface area contributed by atoms with E-state index in [1.807, 2.05) is 39.0 Å². The van der Waals surface area contributed by atoms with Gasteiger partial charge in [0.1, 0.15) is 6.20 Å². The van der Waals surface area contributed by atoms with Gasteiger partial charge in [-0.05, 0) is 49.6 Å². The number of hydrogen-bond acceptors (Lipinski definition) is 3. The van der Waals surface area contributed by atoms with E-state index in [0.29, 0.717) is 16.1 Å². The van der Waals surface area contributed by atoms with E-state index < -0.39 is 4.92 Å². The van der Waals surface area contributed by atoms with Gasteiger partial charge in [0.25, 0.3) is 5.69 Å². The number of fused-ring (bicyclic) bond motifs is 1. The molecule has 0 atom stereocenters. The zero-order valence-corrected chi connectivity index (χ0v) is 13.8. The molecule has 0 unspecified atom stereocenters. The summed E-state index contributed by atoms with van der Waals surface area (Å²) in [7, 11) is 0. The average molecular weight is 327 g/mol. The second kappa shape index (κ2) is 5.63. The van der Waals surface area contributed by atoms with Crippen LogP contribution in [0.5, 0.6) is 0 Å². The monoisotopic (exact) mass is 326 g/mol. The normalized spacial score (nSPS) is 11.0. The third-order valence-electron chi connectivity index (χ3n) is 4.31. The van der Waals surface area contributed by atoms with Crippen LogP contribution in [0.3, 0.4) is 0 Å². The van der Waals surface area contributed by atoms with E-state index in [4.69, 9.17) is 11.6 Å². The first kappa shape index (κ1) is 15.4. The lowest BCUT2D eigenvalue weighted by molar-refractivity contribution is -0.384.